The molecular formula is C18H19BrN2O4. The number of likely N-dealkylation sites (N-methyl/N-ethyl adjacent to an activating group) is 1. The summed E-state index contributed by atoms with van der Waals surface area (Å²) in [6, 6.07) is 12.3. The zero-order chi connectivity index (χ0) is 18.8. The minimum atomic E-state index is -1.82. The Labute approximate surface area is 154 Å². The van der Waals surface area contributed by atoms with Gasteiger partial charge in [0.2, 0.25) is 0 Å². The topological polar surface area (TPSA) is 90.7 Å². The standard InChI is InChI=1S/C16H17BrN2.C2H2O4/c1-19(2)11-9-14(13-6-5-10-18-12-13)15-7-3-4-8-16(15)17;3-1(4)2(5)6/h3-10,12H,11H2,1-2H3;(H,3,4)(H,5,6)/b14-9+;. The van der Waals surface area contributed by atoms with Crippen LogP contribution >= 0.6 is 15.9 Å². The summed E-state index contributed by atoms with van der Waals surface area (Å²) in [4.78, 5) is 24.6. The van der Waals surface area contributed by atoms with E-state index < -0.39 is 11.9 Å². The molecule has 0 atom stereocenters. The molecule has 1 aromatic carbocycles. The van der Waals surface area contributed by atoms with E-state index in [1.807, 2.05) is 18.3 Å². The first kappa shape index (κ1) is 20.5. The van der Waals surface area contributed by atoms with E-state index in [1.165, 1.54) is 11.1 Å². The molecule has 1 heterocycles. The zero-order valence-electron chi connectivity index (χ0n) is 13.9. The molecule has 2 rings (SSSR count). The Morgan fingerprint density at radius 2 is 1.76 bits per heavy atom. The van der Waals surface area contributed by atoms with Gasteiger partial charge in [0.25, 0.3) is 0 Å². The summed E-state index contributed by atoms with van der Waals surface area (Å²) < 4.78 is 1.10. The lowest BCUT2D eigenvalue weighted by Gasteiger charge is -2.12. The van der Waals surface area contributed by atoms with Crippen LogP contribution in [0.3, 0.4) is 0 Å². The molecule has 2 aromatic rings. The van der Waals surface area contributed by atoms with E-state index in [-0.39, 0.29) is 0 Å². The van der Waals surface area contributed by atoms with Crippen LogP contribution < -0.4 is 0 Å². The molecule has 0 unspecified atom stereocenters. The van der Waals surface area contributed by atoms with Crippen molar-refractivity contribution in [3.8, 4) is 0 Å². The number of carboxylic acids is 2. The maximum absolute atomic E-state index is 9.10. The van der Waals surface area contributed by atoms with Crippen LogP contribution in [0.1, 0.15) is 11.1 Å². The van der Waals surface area contributed by atoms with Crippen LogP contribution in [0.5, 0.6) is 0 Å². The van der Waals surface area contributed by atoms with Crippen molar-refractivity contribution in [3.05, 3.63) is 70.5 Å². The molecule has 2 N–H and O–H groups in total. The molecular weight excluding hydrogens is 388 g/mol. The number of aliphatic carboxylic acids is 2. The van der Waals surface area contributed by atoms with E-state index in [0.717, 1.165) is 16.6 Å². The van der Waals surface area contributed by atoms with E-state index in [1.54, 1.807) is 6.20 Å². The van der Waals surface area contributed by atoms with Gasteiger partial charge in [0.1, 0.15) is 0 Å². The summed E-state index contributed by atoms with van der Waals surface area (Å²) in [5.74, 6) is -3.65. The number of aromatic nitrogens is 1. The van der Waals surface area contributed by atoms with E-state index in [0.29, 0.717) is 0 Å². The molecule has 0 amide bonds. The number of hydrogen-bond donors (Lipinski definition) is 2. The van der Waals surface area contributed by atoms with Crippen LogP contribution in [0.4, 0.5) is 0 Å². The second-order valence-electron chi connectivity index (χ2n) is 5.21. The van der Waals surface area contributed by atoms with Gasteiger partial charge in [-0.2, -0.15) is 0 Å². The van der Waals surface area contributed by atoms with Gasteiger partial charge in [-0.1, -0.05) is 46.3 Å². The average molecular weight is 407 g/mol. The summed E-state index contributed by atoms with van der Waals surface area (Å²) in [6.45, 7) is 0.894. The summed E-state index contributed by atoms with van der Waals surface area (Å²) >= 11 is 3.63. The normalized spacial score (nSPS) is 10.8. The minimum absolute atomic E-state index is 0.894. The Morgan fingerprint density at radius 1 is 1.12 bits per heavy atom. The second kappa shape index (κ2) is 10.4. The Kier molecular flexibility index (Phi) is 8.52. The van der Waals surface area contributed by atoms with Crippen LogP contribution in [0.15, 0.2) is 59.3 Å². The van der Waals surface area contributed by atoms with Crippen LogP contribution in [0, 0.1) is 0 Å². The molecule has 0 saturated heterocycles. The highest BCUT2D eigenvalue weighted by Crippen LogP contribution is 2.29. The van der Waals surface area contributed by atoms with Gasteiger partial charge in [-0.25, -0.2) is 9.59 Å². The molecule has 0 spiro atoms. The second-order valence-corrected chi connectivity index (χ2v) is 6.07. The van der Waals surface area contributed by atoms with Crippen LogP contribution in [-0.2, 0) is 9.59 Å². The molecule has 7 heteroatoms. The molecule has 25 heavy (non-hydrogen) atoms. The molecule has 6 nitrogen and oxygen atoms in total. The molecule has 0 aliphatic carbocycles. The van der Waals surface area contributed by atoms with Crippen molar-refractivity contribution in [1.29, 1.82) is 0 Å². The van der Waals surface area contributed by atoms with E-state index in [2.05, 4.69) is 70.3 Å². The highest BCUT2D eigenvalue weighted by molar-refractivity contribution is 9.10. The molecule has 0 aliphatic heterocycles. The Balaban J connectivity index is 0.000000450. The fraction of sp³-hybridized carbons (Fsp3) is 0.167. The lowest BCUT2D eigenvalue weighted by molar-refractivity contribution is -0.159. The molecule has 0 aliphatic rings. The zero-order valence-corrected chi connectivity index (χ0v) is 15.5. The number of nitrogens with zero attached hydrogens (tertiary/aromatic N) is 2. The highest BCUT2D eigenvalue weighted by atomic mass is 79.9. The lowest BCUT2D eigenvalue weighted by atomic mass is 9.99. The minimum Gasteiger partial charge on any atom is -0.473 e. The van der Waals surface area contributed by atoms with Crippen molar-refractivity contribution in [2.24, 2.45) is 0 Å². The first-order chi connectivity index (χ1) is 11.8. The number of carbonyl (C=O) groups is 2. The third kappa shape index (κ3) is 7.28. The van der Waals surface area contributed by atoms with Gasteiger partial charge < -0.3 is 15.1 Å². The van der Waals surface area contributed by atoms with E-state index in [4.69, 9.17) is 19.8 Å². The molecule has 0 bridgehead atoms. The van der Waals surface area contributed by atoms with E-state index >= 15 is 0 Å². The number of benzene rings is 1. The van der Waals surface area contributed by atoms with Gasteiger partial charge in [0, 0.05) is 29.0 Å². The van der Waals surface area contributed by atoms with Crippen LogP contribution in [-0.4, -0.2) is 52.7 Å². The van der Waals surface area contributed by atoms with Crippen molar-refractivity contribution in [2.75, 3.05) is 20.6 Å². The van der Waals surface area contributed by atoms with Crippen molar-refractivity contribution < 1.29 is 19.8 Å². The first-order valence-electron chi connectivity index (χ1n) is 7.29. The van der Waals surface area contributed by atoms with Gasteiger partial charge in [-0.15, -0.1) is 0 Å². The van der Waals surface area contributed by atoms with Crippen molar-refractivity contribution >= 4 is 33.4 Å². The molecule has 132 valence electrons. The maximum atomic E-state index is 9.10. The summed E-state index contributed by atoms with van der Waals surface area (Å²) in [6.07, 6.45) is 5.94. The smallest absolute Gasteiger partial charge is 0.414 e. The SMILES string of the molecule is CN(C)C/C=C(\c1cccnc1)c1ccccc1Br.O=C(O)C(=O)O. The number of rotatable bonds is 4. The molecule has 1 aromatic heterocycles. The van der Waals surface area contributed by atoms with Gasteiger partial charge in [-0.3, -0.25) is 4.98 Å². The average Bonchev–Trinajstić information content (AvgIpc) is 2.58. The maximum Gasteiger partial charge on any atom is 0.414 e. The number of carboxylic acid groups (broad SMARTS) is 2. The van der Waals surface area contributed by atoms with Gasteiger partial charge >= 0.3 is 11.9 Å². The fourth-order valence-electron chi connectivity index (χ4n) is 1.86. The summed E-state index contributed by atoms with van der Waals surface area (Å²) in [7, 11) is 4.13. The van der Waals surface area contributed by atoms with E-state index in [9.17, 15) is 0 Å². The predicted molar refractivity (Wildman–Crippen MR) is 99.3 cm³/mol. The van der Waals surface area contributed by atoms with Crippen LogP contribution in [0.2, 0.25) is 0 Å². The predicted octanol–water partition coefficient (Wildman–Crippen LogP) is 2.99. The Hall–Kier alpha value is -2.51. The van der Waals surface area contributed by atoms with Crippen LogP contribution in [0.25, 0.3) is 5.57 Å². The fourth-order valence-corrected chi connectivity index (χ4v) is 2.36. The molecule has 0 saturated carbocycles. The lowest BCUT2D eigenvalue weighted by Crippen LogP contribution is -2.11. The summed E-state index contributed by atoms with van der Waals surface area (Å²) in [5, 5.41) is 14.8. The quantitative estimate of drug-likeness (QED) is 0.758. The molecule has 0 radical (unpaired) electrons. The monoisotopic (exact) mass is 406 g/mol. The van der Waals surface area contributed by atoms with Gasteiger partial charge in [0.15, 0.2) is 0 Å². The van der Waals surface area contributed by atoms with Crippen molar-refractivity contribution in [2.45, 2.75) is 0 Å². The van der Waals surface area contributed by atoms with Gasteiger partial charge in [0.05, 0.1) is 0 Å². The summed E-state index contributed by atoms with van der Waals surface area (Å²) in [5.41, 5.74) is 3.53. The Bertz CT molecular complexity index is 734. The third-order valence-electron chi connectivity index (χ3n) is 2.98. The number of pyridine rings is 1. The number of hydrogen-bond acceptors (Lipinski definition) is 4. The third-order valence-corrected chi connectivity index (χ3v) is 3.67. The largest absolute Gasteiger partial charge is 0.473 e. The number of halogens is 1. The highest BCUT2D eigenvalue weighted by Gasteiger charge is 2.08. The molecule has 0 fully saturated rings. The van der Waals surface area contributed by atoms with Crippen molar-refractivity contribution in [3.63, 3.8) is 0 Å². The van der Waals surface area contributed by atoms with Crippen molar-refractivity contribution in [1.82, 2.24) is 9.88 Å². The van der Waals surface area contributed by atoms with Gasteiger partial charge in [-0.05, 0) is 37.4 Å². The first-order valence-corrected chi connectivity index (χ1v) is 8.08. The Morgan fingerprint density at radius 3 is 2.24 bits per heavy atom.